The minimum absolute atomic E-state index is 0.0132. The topological polar surface area (TPSA) is 109 Å². The second kappa shape index (κ2) is 9.36. The highest BCUT2D eigenvalue weighted by Crippen LogP contribution is 2.25. The highest BCUT2D eigenvalue weighted by molar-refractivity contribution is 7.92. The van der Waals surface area contributed by atoms with Crippen LogP contribution in [0.5, 0.6) is 0 Å². The van der Waals surface area contributed by atoms with Gasteiger partial charge >= 0.3 is 0 Å². The van der Waals surface area contributed by atoms with Gasteiger partial charge in [-0.3, -0.25) is 13.9 Å². The summed E-state index contributed by atoms with van der Waals surface area (Å²) in [4.78, 5) is 28.6. The summed E-state index contributed by atoms with van der Waals surface area (Å²) in [6, 6.07) is 11.6. The summed E-state index contributed by atoms with van der Waals surface area (Å²) in [5, 5.41) is 2.87. The molecule has 0 radical (unpaired) electrons. The normalized spacial score (nSPS) is 16.1. The smallest absolute Gasteiger partial charge is 0.264 e. The molecule has 0 saturated carbocycles. The zero-order chi connectivity index (χ0) is 23.6. The van der Waals surface area contributed by atoms with Crippen molar-refractivity contribution in [3.8, 4) is 0 Å². The molecular formula is C24H27N3O5S. The predicted octanol–water partition coefficient (Wildman–Crippen LogP) is 2.96. The average Bonchev–Trinajstić information content (AvgIpc) is 3.32. The van der Waals surface area contributed by atoms with Gasteiger partial charge in [-0.15, -0.1) is 0 Å². The maximum absolute atomic E-state index is 13.4. The Morgan fingerprint density at radius 2 is 2.06 bits per heavy atom. The molecule has 2 aromatic carbocycles. The summed E-state index contributed by atoms with van der Waals surface area (Å²) in [6.07, 6.45) is 3.12. The molecule has 174 valence electrons. The van der Waals surface area contributed by atoms with Crippen molar-refractivity contribution < 1.29 is 17.9 Å². The van der Waals surface area contributed by atoms with Crippen LogP contribution in [0.25, 0.3) is 10.9 Å². The second-order valence-electron chi connectivity index (χ2n) is 8.09. The number of carbonyl (C=O) groups is 1. The van der Waals surface area contributed by atoms with E-state index in [-0.39, 0.29) is 28.5 Å². The summed E-state index contributed by atoms with van der Waals surface area (Å²) < 4.78 is 33.6. The van der Waals surface area contributed by atoms with E-state index in [0.29, 0.717) is 24.4 Å². The van der Waals surface area contributed by atoms with E-state index in [2.05, 4.69) is 10.3 Å². The molecule has 1 aliphatic heterocycles. The Labute approximate surface area is 192 Å². The number of nitrogens with one attached hydrogen (secondary N) is 2. The third-order valence-corrected chi connectivity index (χ3v) is 7.67. The van der Waals surface area contributed by atoms with Gasteiger partial charge in [0.1, 0.15) is 5.56 Å². The number of rotatable bonds is 7. The molecule has 2 N–H and O–H groups in total. The summed E-state index contributed by atoms with van der Waals surface area (Å²) in [5.41, 5.74) is 1.35. The van der Waals surface area contributed by atoms with Gasteiger partial charge in [-0.2, -0.15) is 0 Å². The lowest BCUT2D eigenvalue weighted by molar-refractivity contribution is 0.0857. The van der Waals surface area contributed by atoms with Gasteiger partial charge in [0, 0.05) is 36.8 Å². The number of aryl methyl sites for hydroxylation is 1. The van der Waals surface area contributed by atoms with Crippen molar-refractivity contribution >= 4 is 32.5 Å². The van der Waals surface area contributed by atoms with Gasteiger partial charge in [-0.25, -0.2) is 8.42 Å². The molecule has 1 aliphatic rings. The predicted molar refractivity (Wildman–Crippen MR) is 127 cm³/mol. The number of carbonyl (C=O) groups excluding carboxylic acids is 1. The number of amides is 1. The fourth-order valence-electron chi connectivity index (χ4n) is 4.04. The van der Waals surface area contributed by atoms with Gasteiger partial charge in [0.25, 0.3) is 15.9 Å². The molecular weight excluding hydrogens is 442 g/mol. The molecule has 8 nitrogen and oxygen atoms in total. The van der Waals surface area contributed by atoms with Crippen molar-refractivity contribution in [2.24, 2.45) is 0 Å². The Morgan fingerprint density at radius 1 is 1.24 bits per heavy atom. The lowest BCUT2D eigenvalue weighted by atomic mass is 10.1. The first-order valence-electron chi connectivity index (χ1n) is 11.0. The number of aromatic amines is 1. The van der Waals surface area contributed by atoms with E-state index in [9.17, 15) is 18.0 Å². The highest BCUT2D eigenvalue weighted by Gasteiger charge is 2.25. The van der Waals surface area contributed by atoms with Crippen molar-refractivity contribution in [1.82, 2.24) is 10.3 Å². The van der Waals surface area contributed by atoms with Crippen molar-refractivity contribution in [2.45, 2.75) is 37.7 Å². The Morgan fingerprint density at radius 3 is 2.76 bits per heavy atom. The molecule has 0 aliphatic carbocycles. The molecule has 0 bridgehead atoms. The maximum atomic E-state index is 13.4. The minimum Gasteiger partial charge on any atom is -0.376 e. The third-order valence-electron chi connectivity index (χ3n) is 5.78. The van der Waals surface area contributed by atoms with Crippen molar-refractivity contribution in [3.63, 3.8) is 0 Å². The van der Waals surface area contributed by atoms with E-state index in [1.165, 1.54) is 22.6 Å². The van der Waals surface area contributed by atoms with Crippen LogP contribution in [0.4, 0.5) is 5.69 Å². The number of benzene rings is 2. The molecule has 9 heteroatoms. The Hall–Kier alpha value is -3.17. The van der Waals surface area contributed by atoms with E-state index in [1.54, 1.807) is 31.2 Å². The van der Waals surface area contributed by atoms with E-state index in [0.717, 1.165) is 18.4 Å². The monoisotopic (exact) mass is 469 g/mol. The number of sulfonamides is 1. The lowest BCUT2D eigenvalue weighted by Gasteiger charge is -2.23. The number of pyridine rings is 1. The minimum atomic E-state index is -3.92. The summed E-state index contributed by atoms with van der Waals surface area (Å²) in [5.74, 6) is -0.517. The third kappa shape index (κ3) is 4.65. The lowest BCUT2D eigenvalue weighted by Crippen LogP contribution is -2.34. The van der Waals surface area contributed by atoms with E-state index in [4.69, 9.17) is 4.74 Å². The van der Waals surface area contributed by atoms with Gasteiger partial charge in [0.15, 0.2) is 0 Å². The number of anilines is 1. The molecule has 2 heterocycles. The number of aromatic nitrogens is 1. The second-order valence-corrected chi connectivity index (χ2v) is 9.96. The van der Waals surface area contributed by atoms with Crippen molar-refractivity contribution in [1.29, 1.82) is 0 Å². The van der Waals surface area contributed by atoms with Crippen LogP contribution >= 0.6 is 0 Å². The standard InChI is InChI=1S/C24H27N3O5S/c1-3-27(17-7-4-6-16(2)12-17)33(30,31)19-9-10-22-20(13-19)23(28)21(15-25-22)24(29)26-14-18-8-5-11-32-18/h4,6-7,9-10,12-13,15,18H,3,5,8,11,14H2,1-2H3,(H,25,28)(H,26,29). The SMILES string of the molecule is CCN(c1cccc(C)c1)S(=O)(=O)c1ccc2[nH]cc(C(=O)NCC3CCCO3)c(=O)c2c1. The molecule has 33 heavy (non-hydrogen) atoms. The zero-order valence-electron chi connectivity index (χ0n) is 18.6. The summed E-state index contributed by atoms with van der Waals surface area (Å²) in [6.45, 7) is 4.87. The van der Waals surface area contributed by atoms with Gasteiger partial charge in [0.2, 0.25) is 5.43 Å². The summed E-state index contributed by atoms with van der Waals surface area (Å²) in [7, 11) is -3.92. The van der Waals surface area contributed by atoms with Gasteiger partial charge in [-0.1, -0.05) is 12.1 Å². The van der Waals surface area contributed by atoms with E-state index >= 15 is 0 Å². The molecule has 1 aromatic heterocycles. The number of fused-ring (bicyclic) bond motifs is 1. The Balaban J connectivity index is 1.68. The van der Waals surface area contributed by atoms with Gasteiger partial charge in [0.05, 0.1) is 16.7 Å². The number of hydrogen-bond acceptors (Lipinski definition) is 5. The maximum Gasteiger partial charge on any atom is 0.264 e. The Kier molecular flexibility index (Phi) is 6.53. The molecule has 1 fully saturated rings. The fourth-order valence-corrected chi connectivity index (χ4v) is 5.53. The van der Waals surface area contributed by atoms with Crippen molar-refractivity contribution in [2.75, 3.05) is 24.0 Å². The number of hydrogen-bond donors (Lipinski definition) is 2. The van der Waals surface area contributed by atoms with Gasteiger partial charge < -0.3 is 15.0 Å². The van der Waals surface area contributed by atoms with Crippen LogP contribution in [0, 0.1) is 6.92 Å². The number of ether oxygens (including phenoxy) is 1. The Bertz CT molecular complexity index is 1340. The van der Waals surface area contributed by atoms with Crippen LogP contribution in [-0.4, -0.2) is 45.1 Å². The first-order valence-corrected chi connectivity index (χ1v) is 12.4. The van der Waals surface area contributed by atoms with E-state index < -0.39 is 21.4 Å². The van der Waals surface area contributed by atoms with Crippen LogP contribution in [-0.2, 0) is 14.8 Å². The van der Waals surface area contributed by atoms with Crippen LogP contribution in [0.1, 0.15) is 35.7 Å². The molecule has 1 unspecified atom stereocenters. The number of H-pyrrole nitrogens is 1. The van der Waals surface area contributed by atoms with Crippen LogP contribution < -0.4 is 15.1 Å². The highest BCUT2D eigenvalue weighted by atomic mass is 32.2. The fraction of sp³-hybridized carbons (Fsp3) is 0.333. The molecule has 1 amide bonds. The molecule has 1 atom stereocenters. The zero-order valence-corrected chi connectivity index (χ0v) is 19.4. The van der Waals surface area contributed by atoms with Gasteiger partial charge in [-0.05, 0) is 62.6 Å². The first kappa shape index (κ1) is 23.0. The molecule has 4 rings (SSSR count). The first-order chi connectivity index (χ1) is 15.8. The van der Waals surface area contributed by atoms with Crippen LogP contribution in [0.3, 0.4) is 0 Å². The van der Waals surface area contributed by atoms with Crippen molar-refractivity contribution in [3.05, 3.63) is 70.0 Å². The van der Waals surface area contributed by atoms with Crippen LogP contribution in [0.15, 0.2) is 58.4 Å². The molecule has 3 aromatic rings. The quantitative estimate of drug-likeness (QED) is 0.553. The largest absolute Gasteiger partial charge is 0.376 e. The molecule has 0 spiro atoms. The molecule has 1 saturated heterocycles. The van der Waals surface area contributed by atoms with Crippen LogP contribution in [0.2, 0.25) is 0 Å². The summed E-state index contributed by atoms with van der Waals surface area (Å²) >= 11 is 0. The van der Waals surface area contributed by atoms with E-state index in [1.807, 2.05) is 13.0 Å². The average molecular weight is 470 g/mol. The number of nitrogens with zero attached hydrogens (tertiary/aromatic N) is 1.